The summed E-state index contributed by atoms with van der Waals surface area (Å²) in [5.74, 6) is -0.193. The normalized spacial score (nSPS) is 14.4. The Bertz CT molecular complexity index is 1130. The van der Waals surface area contributed by atoms with Gasteiger partial charge in [0.2, 0.25) is 0 Å². The van der Waals surface area contributed by atoms with Crippen LogP contribution in [0.1, 0.15) is 25.1 Å². The van der Waals surface area contributed by atoms with Gasteiger partial charge in [0.1, 0.15) is 11.6 Å². The van der Waals surface area contributed by atoms with Crippen LogP contribution in [-0.2, 0) is 5.41 Å². The predicted molar refractivity (Wildman–Crippen MR) is 108 cm³/mol. The highest BCUT2D eigenvalue weighted by atomic mass is 19.1. The quantitative estimate of drug-likeness (QED) is 0.687. The smallest absolute Gasteiger partial charge is 0.406 e. The maximum Gasteiger partial charge on any atom is 0.431 e. The van der Waals surface area contributed by atoms with E-state index in [1.54, 1.807) is 30.1 Å². The van der Waals surface area contributed by atoms with Crippen LogP contribution in [0.25, 0.3) is 11.4 Å². The molecule has 0 unspecified atom stereocenters. The number of nitrogens with zero attached hydrogens (tertiary/aromatic N) is 3. The number of nitrogens with one attached hydrogen (secondary N) is 1. The van der Waals surface area contributed by atoms with Crippen LogP contribution < -0.4 is 15.2 Å². The first-order valence-electron chi connectivity index (χ1n) is 9.38. The van der Waals surface area contributed by atoms with Crippen molar-refractivity contribution in [2.75, 3.05) is 11.6 Å². The molecule has 1 aromatic heterocycles. The molecule has 3 aromatic rings. The van der Waals surface area contributed by atoms with Gasteiger partial charge in [-0.1, -0.05) is 26.0 Å². The van der Waals surface area contributed by atoms with Crippen molar-refractivity contribution in [1.29, 1.82) is 0 Å². The Morgan fingerprint density at radius 3 is 2.67 bits per heavy atom. The van der Waals surface area contributed by atoms with Gasteiger partial charge in [0.05, 0.1) is 17.6 Å². The third-order valence-electron chi connectivity index (χ3n) is 4.98. The summed E-state index contributed by atoms with van der Waals surface area (Å²) in [6.07, 6.45) is 0.660. The topological polar surface area (TPSA) is 67.3 Å². The first kappa shape index (κ1) is 19.8. The van der Waals surface area contributed by atoms with Crippen molar-refractivity contribution in [2.45, 2.75) is 26.2 Å². The molecule has 0 atom stereocenters. The minimum Gasteiger partial charge on any atom is -0.406 e. The SMILES string of the molecule is Cc1nc(-c2cccc(F)c2)ncc1OC(=O)NN1CC(C)(C)c2cc(F)ccc21. The van der Waals surface area contributed by atoms with Gasteiger partial charge in [0, 0.05) is 17.5 Å². The number of fused-ring (bicyclic) bond motifs is 1. The molecule has 1 N–H and O–H groups in total. The Labute approximate surface area is 172 Å². The van der Waals surface area contributed by atoms with E-state index in [2.05, 4.69) is 15.4 Å². The molecule has 1 aliphatic rings. The van der Waals surface area contributed by atoms with E-state index >= 15 is 0 Å². The molecule has 0 bridgehead atoms. The van der Waals surface area contributed by atoms with E-state index in [0.29, 0.717) is 29.3 Å². The van der Waals surface area contributed by atoms with Gasteiger partial charge in [-0.3, -0.25) is 5.01 Å². The van der Waals surface area contributed by atoms with Gasteiger partial charge in [0.15, 0.2) is 11.6 Å². The lowest BCUT2D eigenvalue weighted by atomic mass is 9.87. The molecule has 4 rings (SSSR count). The highest BCUT2D eigenvalue weighted by Crippen LogP contribution is 2.39. The lowest BCUT2D eigenvalue weighted by molar-refractivity contribution is 0.198. The fourth-order valence-electron chi connectivity index (χ4n) is 3.51. The molecule has 8 heteroatoms. The van der Waals surface area contributed by atoms with E-state index < -0.39 is 6.09 Å². The molecule has 2 aromatic carbocycles. The molecule has 1 amide bonds. The third-order valence-corrected chi connectivity index (χ3v) is 4.98. The third kappa shape index (κ3) is 3.80. The second-order valence-corrected chi connectivity index (χ2v) is 7.79. The predicted octanol–water partition coefficient (Wildman–Crippen LogP) is 4.53. The molecular formula is C22H20F2N4O2. The van der Waals surface area contributed by atoms with Crippen LogP contribution in [0, 0.1) is 18.6 Å². The largest absolute Gasteiger partial charge is 0.431 e. The minimum atomic E-state index is -0.715. The standard InChI is InChI=1S/C22H20F2N4O2/c1-13-19(11-25-20(26-13)14-5-4-6-15(23)9-14)30-21(29)27-28-12-22(2,3)17-10-16(24)7-8-18(17)28/h4-11H,12H2,1-3H3,(H,27,29). The molecule has 0 saturated heterocycles. The number of benzene rings is 2. The van der Waals surface area contributed by atoms with Crippen LogP contribution in [0.5, 0.6) is 5.75 Å². The monoisotopic (exact) mass is 410 g/mol. The number of aryl methyl sites for hydroxylation is 1. The van der Waals surface area contributed by atoms with E-state index in [1.807, 2.05) is 13.8 Å². The van der Waals surface area contributed by atoms with Gasteiger partial charge in [-0.15, -0.1) is 0 Å². The summed E-state index contributed by atoms with van der Waals surface area (Å²) < 4.78 is 32.4. The number of ether oxygens (including phenoxy) is 1. The van der Waals surface area contributed by atoms with Crippen LogP contribution in [0.2, 0.25) is 0 Å². The lowest BCUT2D eigenvalue weighted by Gasteiger charge is -2.22. The van der Waals surface area contributed by atoms with Crippen LogP contribution in [0.15, 0.2) is 48.7 Å². The summed E-state index contributed by atoms with van der Waals surface area (Å²) >= 11 is 0. The van der Waals surface area contributed by atoms with Gasteiger partial charge in [0.25, 0.3) is 0 Å². The fraction of sp³-hybridized carbons (Fsp3) is 0.227. The molecule has 2 heterocycles. The van der Waals surface area contributed by atoms with Crippen LogP contribution in [-0.4, -0.2) is 22.6 Å². The highest BCUT2D eigenvalue weighted by Gasteiger charge is 2.36. The number of rotatable bonds is 3. The van der Waals surface area contributed by atoms with E-state index in [-0.39, 0.29) is 22.8 Å². The number of aromatic nitrogens is 2. The molecule has 0 saturated carbocycles. The van der Waals surface area contributed by atoms with Crippen molar-refractivity contribution in [3.8, 4) is 17.1 Å². The average Bonchev–Trinajstić information content (AvgIpc) is 2.92. The number of hydrogen-bond donors (Lipinski definition) is 1. The van der Waals surface area contributed by atoms with Gasteiger partial charge in [-0.25, -0.2) is 29.0 Å². The number of hydrogen-bond acceptors (Lipinski definition) is 5. The Morgan fingerprint density at radius 2 is 1.93 bits per heavy atom. The van der Waals surface area contributed by atoms with E-state index in [4.69, 9.17) is 4.74 Å². The number of amides is 1. The zero-order valence-corrected chi connectivity index (χ0v) is 16.7. The number of carbonyl (C=O) groups is 1. The maximum atomic E-state index is 13.6. The Balaban J connectivity index is 1.49. The van der Waals surface area contributed by atoms with Crippen molar-refractivity contribution >= 4 is 11.8 Å². The number of carbonyl (C=O) groups excluding carboxylic acids is 1. The molecule has 0 aliphatic carbocycles. The zero-order chi connectivity index (χ0) is 21.5. The minimum absolute atomic E-state index is 0.186. The summed E-state index contributed by atoms with van der Waals surface area (Å²) in [7, 11) is 0. The number of anilines is 1. The Hall–Kier alpha value is -3.55. The Kier molecular flexibility index (Phi) is 4.85. The second-order valence-electron chi connectivity index (χ2n) is 7.79. The molecule has 0 radical (unpaired) electrons. The van der Waals surface area contributed by atoms with Crippen molar-refractivity contribution in [2.24, 2.45) is 0 Å². The van der Waals surface area contributed by atoms with Gasteiger partial charge < -0.3 is 4.74 Å². The van der Waals surface area contributed by atoms with Crippen molar-refractivity contribution in [3.05, 3.63) is 71.6 Å². The molecular weight excluding hydrogens is 390 g/mol. The molecule has 1 aliphatic heterocycles. The van der Waals surface area contributed by atoms with E-state index in [9.17, 15) is 13.6 Å². The maximum absolute atomic E-state index is 13.6. The van der Waals surface area contributed by atoms with Gasteiger partial charge >= 0.3 is 6.09 Å². The first-order valence-corrected chi connectivity index (χ1v) is 9.38. The summed E-state index contributed by atoms with van der Waals surface area (Å²) in [5, 5.41) is 1.63. The fourth-order valence-corrected chi connectivity index (χ4v) is 3.51. The van der Waals surface area contributed by atoms with E-state index in [1.165, 1.54) is 30.5 Å². The zero-order valence-electron chi connectivity index (χ0n) is 16.7. The van der Waals surface area contributed by atoms with Crippen molar-refractivity contribution in [1.82, 2.24) is 15.4 Å². The lowest BCUT2D eigenvalue weighted by Crippen LogP contribution is -2.45. The Morgan fingerprint density at radius 1 is 1.17 bits per heavy atom. The van der Waals surface area contributed by atoms with E-state index in [0.717, 1.165) is 5.56 Å². The summed E-state index contributed by atoms with van der Waals surface area (Å²) in [4.78, 5) is 20.9. The van der Waals surface area contributed by atoms with Crippen molar-refractivity contribution < 1.29 is 18.3 Å². The van der Waals surface area contributed by atoms with Crippen molar-refractivity contribution in [3.63, 3.8) is 0 Å². The summed E-state index contributed by atoms with van der Waals surface area (Å²) in [6.45, 7) is 6.09. The number of hydrazine groups is 1. The van der Waals surface area contributed by atoms with Gasteiger partial charge in [-0.05, 0) is 42.8 Å². The second kappa shape index (κ2) is 7.37. The van der Waals surface area contributed by atoms with Crippen LogP contribution in [0.4, 0.5) is 19.3 Å². The summed E-state index contributed by atoms with van der Waals surface area (Å²) in [6, 6.07) is 10.4. The number of halogens is 2. The molecule has 0 spiro atoms. The molecule has 6 nitrogen and oxygen atoms in total. The highest BCUT2D eigenvalue weighted by molar-refractivity contribution is 5.75. The summed E-state index contributed by atoms with van der Waals surface area (Å²) in [5.41, 5.74) is 4.83. The average molecular weight is 410 g/mol. The van der Waals surface area contributed by atoms with Crippen LogP contribution in [0.3, 0.4) is 0 Å². The molecule has 30 heavy (non-hydrogen) atoms. The molecule has 0 fully saturated rings. The molecule has 154 valence electrons. The van der Waals surface area contributed by atoms with Crippen LogP contribution >= 0.6 is 0 Å². The van der Waals surface area contributed by atoms with Gasteiger partial charge in [-0.2, -0.15) is 0 Å². The first-order chi connectivity index (χ1) is 14.2.